The van der Waals surface area contributed by atoms with Crippen LogP contribution in [0.4, 0.5) is 5.69 Å². The molecule has 0 radical (unpaired) electrons. The van der Waals surface area contributed by atoms with Crippen molar-refractivity contribution in [2.24, 2.45) is 5.73 Å². The number of nitrogens with one attached hydrogen (secondary N) is 1. The third-order valence-electron chi connectivity index (χ3n) is 2.48. The monoisotopic (exact) mass is 306 g/mol. The van der Waals surface area contributed by atoms with Crippen LogP contribution in [0.5, 0.6) is 0 Å². The molecule has 1 heterocycles. The Morgan fingerprint density at radius 1 is 1.25 bits per heavy atom. The van der Waals surface area contributed by atoms with Crippen molar-refractivity contribution in [1.29, 1.82) is 0 Å². The van der Waals surface area contributed by atoms with Gasteiger partial charge < -0.3 is 11.1 Å². The molecular formula is C14H14N2O2S2. The number of hydrogen-bond acceptors (Lipinski definition) is 4. The topological polar surface area (TPSA) is 72.2 Å². The number of anilines is 1. The first-order valence-corrected chi connectivity index (χ1v) is 7.89. The van der Waals surface area contributed by atoms with Gasteiger partial charge in [0, 0.05) is 4.90 Å². The predicted molar refractivity (Wildman–Crippen MR) is 83.0 cm³/mol. The molecule has 2 aromatic rings. The molecule has 1 aromatic heterocycles. The fraction of sp³-hybridized carbons (Fsp3) is 0.143. The number of amides is 2. The number of hydrogen-bond donors (Lipinski definition) is 2. The van der Waals surface area contributed by atoms with E-state index in [0.29, 0.717) is 12.1 Å². The molecule has 2 rings (SSSR count). The molecule has 1 aromatic carbocycles. The number of primary amides is 1. The summed E-state index contributed by atoms with van der Waals surface area (Å²) in [6.45, 7) is 0. The van der Waals surface area contributed by atoms with Crippen molar-refractivity contribution in [2.75, 3.05) is 11.1 Å². The van der Waals surface area contributed by atoms with Crippen LogP contribution in [0.25, 0.3) is 0 Å². The largest absolute Gasteiger partial charge is 0.369 e. The van der Waals surface area contributed by atoms with E-state index in [1.165, 1.54) is 11.8 Å². The maximum atomic E-state index is 12.0. The van der Waals surface area contributed by atoms with Crippen LogP contribution in [0.2, 0.25) is 0 Å². The van der Waals surface area contributed by atoms with Gasteiger partial charge in [0.15, 0.2) is 0 Å². The van der Waals surface area contributed by atoms with Crippen molar-refractivity contribution in [1.82, 2.24) is 0 Å². The van der Waals surface area contributed by atoms with Gasteiger partial charge in [0.1, 0.15) is 0 Å². The van der Waals surface area contributed by atoms with Crippen LogP contribution in [0.15, 0.2) is 46.0 Å². The minimum absolute atomic E-state index is 0.0736. The van der Waals surface area contributed by atoms with Crippen molar-refractivity contribution in [2.45, 2.75) is 11.3 Å². The van der Waals surface area contributed by atoms with Gasteiger partial charge in [-0.2, -0.15) is 11.3 Å². The van der Waals surface area contributed by atoms with Crippen LogP contribution >= 0.6 is 23.1 Å². The molecule has 6 heteroatoms. The summed E-state index contributed by atoms with van der Waals surface area (Å²) in [5.74, 6) is -0.262. The van der Waals surface area contributed by atoms with Crippen LogP contribution in [0, 0.1) is 0 Å². The summed E-state index contributed by atoms with van der Waals surface area (Å²) >= 11 is 2.88. The van der Waals surface area contributed by atoms with Gasteiger partial charge in [0.05, 0.1) is 17.9 Å². The molecule has 0 aliphatic carbocycles. The van der Waals surface area contributed by atoms with Gasteiger partial charge in [0.25, 0.3) is 0 Å². The van der Waals surface area contributed by atoms with E-state index in [2.05, 4.69) is 5.32 Å². The van der Waals surface area contributed by atoms with E-state index in [9.17, 15) is 9.59 Å². The maximum absolute atomic E-state index is 12.0. The number of thiophene rings is 1. The molecule has 0 spiro atoms. The Hall–Kier alpha value is -1.79. The number of carbonyl (C=O) groups excluding carboxylic acids is 2. The number of para-hydroxylation sites is 1. The van der Waals surface area contributed by atoms with Gasteiger partial charge >= 0.3 is 0 Å². The summed E-state index contributed by atoms with van der Waals surface area (Å²) in [6, 6.07) is 9.30. The first-order valence-electron chi connectivity index (χ1n) is 5.96. The second kappa shape index (κ2) is 7.12. The van der Waals surface area contributed by atoms with E-state index < -0.39 is 0 Å². The zero-order valence-corrected chi connectivity index (χ0v) is 12.3. The van der Waals surface area contributed by atoms with Crippen LogP contribution in [-0.2, 0) is 16.0 Å². The zero-order valence-electron chi connectivity index (χ0n) is 10.7. The summed E-state index contributed by atoms with van der Waals surface area (Å²) in [5.41, 5.74) is 6.84. The lowest BCUT2D eigenvalue weighted by molar-refractivity contribution is -0.116. The molecule has 3 N–H and O–H groups in total. The molecule has 0 aliphatic rings. The number of nitrogens with two attached hydrogens (primary N) is 1. The molecule has 0 aliphatic heterocycles. The average molecular weight is 306 g/mol. The molecule has 0 bridgehead atoms. The van der Waals surface area contributed by atoms with Crippen molar-refractivity contribution < 1.29 is 9.59 Å². The Morgan fingerprint density at radius 3 is 2.75 bits per heavy atom. The van der Waals surface area contributed by atoms with Crippen LogP contribution < -0.4 is 11.1 Å². The third-order valence-corrected chi connectivity index (χ3v) is 4.30. The van der Waals surface area contributed by atoms with Crippen LogP contribution in [0.3, 0.4) is 0 Å². The molecule has 0 unspecified atom stereocenters. The molecule has 0 saturated heterocycles. The zero-order chi connectivity index (χ0) is 14.4. The third kappa shape index (κ3) is 4.40. The number of carbonyl (C=O) groups is 2. The Bertz CT molecular complexity index is 597. The highest BCUT2D eigenvalue weighted by molar-refractivity contribution is 8.00. The molecule has 0 fully saturated rings. The molecular weight excluding hydrogens is 292 g/mol. The van der Waals surface area contributed by atoms with Gasteiger partial charge in [0.2, 0.25) is 11.8 Å². The van der Waals surface area contributed by atoms with Gasteiger partial charge in [-0.25, -0.2) is 0 Å². The van der Waals surface area contributed by atoms with E-state index in [4.69, 9.17) is 5.73 Å². The quantitative estimate of drug-likeness (QED) is 0.805. The number of rotatable bonds is 6. The van der Waals surface area contributed by atoms with Crippen LogP contribution in [-0.4, -0.2) is 17.6 Å². The molecule has 4 nitrogen and oxygen atoms in total. The number of thioether (sulfide) groups is 1. The summed E-state index contributed by atoms with van der Waals surface area (Å²) < 4.78 is 0. The first kappa shape index (κ1) is 14.6. The molecule has 2 amide bonds. The fourth-order valence-electron chi connectivity index (χ4n) is 1.62. The molecule has 0 saturated carbocycles. The second-order valence-corrected chi connectivity index (χ2v) is 5.90. The van der Waals surface area contributed by atoms with Crippen molar-refractivity contribution in [3.05, 3.63) is 46.7 Å². The normalized spacial score (nSPS) is 10.2. The lowest BCUT2D eigenvalue weighted by atomic mass is 10.2. The minimum Gasteiger partial charge on any atom is -0.369 e. The van der Waals surface area contributed by atoms with Gasteiger partial charge in [-0.05, 0) is 34.5 Å². The highest BCUT2D eigenvalue weighted by Gasteiger charge is 2.09. The van der Waals surface area contributed by atoms with E-state index in [0.717, 1.165) is 10.5 Å². The van der Waals surface area contributed by atoms with Gasteiger partial charge in [-0.1, -0.05) is 12.1 Å². The SMILES string of the molecule is NC(=O)CSc1ccccc1NC(=O)Cc1ccsc1. The van der Waals surface area contributed by atoms with Crippen molar-refractivity contribution >= 4 is 40.6 Å². The van der Waals surface area contributed by atoms with Crippen LogP contribution in [0.1, 0.15) is 5.56 Å². The smallest absolute Gasteiger partial charge is 0.228 e. The highest BCUT2D eigenvalue weighted by Crippen LogP contribution is 2.26. The Balaban J connectivity index is 2.01. The Labute approximate surface area is 125 Å². The van der Waals surface area contributed by atoms with E-state index >= 15 is 0 Å². The van der Waals surface area contributed by atoms with E-state index in [1.807, 2.05) is 41.1 Å². The van der Waals surface area contributed by atoms with E-state index in [1.54, 1.807) is 11.3 Å². The van der Waals surface area contributed by atoms with Gasteiger partial charge in [-0.15, -0.1) is 11.8 Å². The summed E-state index contributed by atoms with van der Waals surface area (Å²) in [7, 11) is 0. The number of benzene rings is 1. The fourth-order valence-corrected chi connectivity index (χ4v) is 3.03. The summed E-state index contributed by atoms with van der Waals surface area (Å²) in [5, 5.41) is 6.76. The lowest BCUT2D eigenvalue weighted by Crippen LogP contribution is -2.15. The highest BCUT2D eigenvalue weighted by atomic mass is 32.2. The molecule has 0 atom stereocenters. The van der Waals surface area contributed by atoms with Crippen molar-refractivity contribution in [3.63, 3.8) is 0 Å². The summed E-state index contributed by atoms with van der Waals surface area (Å²) in [4.78, 5) is 23.6. The minimum atomic E-state index is -0.380. The second-order valence-electron chi connectivity index (χ2n) is 4.11. The van der Waals surface area contributed by atoms with E-state index in [-0.39, 0.29) is 17.6 Å². The molecule has 20 heavy (non-hydrogen) atoms. The summed E-state index contributed by atoms with van der Waals surface area (Å²) in [6.07, 6.45) is 0.346. The first-order chi connectivity index (χ1) is 9.65. The lowest BCUT2D eigenvalue weighted by Gasteiger charge is -2.09. The predicted octanol–water partition coefficient (Wildman–Crippen LogP) is 2.51. The standard InChI is InChI=1S/C14H14N2O2S2/c15-13(17)9-20-12-4-2-1-3-11(12)16-14(18)7-10-5-6-19-8-10/h1-6,8H,7,9H2,(H2,15,17)(H,16,18). The maximum Gasteiger partial charge on any atom is 0.228 e. The van der Waals surface area contributed by atoms with Crippen molar-refractivity contribution in [3.8, 4) is 0 Å². The Kier molecular flexibility index (Phi) is 5.20. The molecule has 104 valence electrons. The Morgan fingerprint density at radius 2 is 2.05 bits per heavy atom. The average Bonchev–Trinajstić information content (AvgIpc) is 2.90. The van der Waals surface area contributed by atoms with Gasteiger partial charge in [-0.3, -0.25) is 9.59 Å².